The SMILES string of the molecule is COc1ccccc1C(C)CC(=O)NCc1ccc(F)c(CO)c1. The maximum Gasteiger partial charge on any atom is 0.220 e. The van der Waals surface area contributed by atoms with Gasteiger partial charge in [0.15, 0.2) is 0 Å². The maximum atomic E-state index is 13.3. The molecule has 0 heterocycles. The van der Waals surface area contributed by atoms with E-state index in [9.17, 15) is 9.18 Å². The van der Waals surface area contributed by atoms with Crippen LogP contribution in [0.1, 0.15) is 36.0 Å². The Labute approximate surface area is 141 Å². The lowest BCUT2D eigenvalue weighted by Gasteiger charge is -2.15. The van der Waals surface area contributed by atoms with Crippen molar-refractivity contribution in [1.82, 2.24) is 5.32 Å². The third-order valence-corrected chi connectivity index (χ3v) is 3.93. The van der Waals surface area contributed by atoms with Crippen LogP contribution in [0.25, 0.3) is 0 Å². The van der Waals surface area contributed by atoms with Gasteiger partial charge in [-0.15, -0.1) is 0 Å². The molecule has 4 nitrogen and oxygen atoms in total. The van der Waals surface area contributed by atoms with E-state index >= 15 is 0 Å². The first kappa shape index (κ1) is 17.9. The molecule has 0 aliphatic rings. The van der Waals surface area contributed by atoms with Gasteiger partial charge in [-0.05, 0) is 35.2 Å². The Morgan fingerprint density at radius 3 is 2.75 bits per heavy atom. The minimum absolute atomic E-state index is 0.0161. The summed E-state index contributed by atoms with van der Waals surface area (Å²) in [6, 6.07) is 12.1. The van der Waals surface area contributed by atoms with E-state index in [1.807, 2.05) is 31.2 Å². The molecule has 0 bridgehead atoms. The predicted octanol–water partition coefficient (Wildman–Crippen LogP) is 3.14. The zero-order valence-electron chi connectivity index (χ0n) is 13.9. The van der Waals surface area contributed by atoms with Crippen molar-refractivity contribution in [3.05, 3.63) is 65.0 Å². The molecule has 0 saturated heterocycles. The van der Waals surface area contributed by atoms with E-state index in [1.165, 1.54) is 6.07 Å². The van der Waals surface area contributed by atoms with Crippen LogP contribution in [0.4, 0.5) is 4.39 Å². The van der Waals surface area contributed by atoms with Gasteiger partial charge in [0.05, 0.1) is 13.7 Å². The van der Waals surface area contributed by atoms with Gasteiger partial charge in [0.2, 0.25) is 5.91 Å². The molecule has 2 N–H and O–H groups in total. The van der Waals surface area contributed by atoms with Crippen molar-refractivity contribution in [2.75, 3.05) is 7.11 Å². The van der Waals surface area contributed by atoms with Crippen molar-refractivity contribution < 1.29 is 19.0 Å². The topological polar surface area (TPSA) is 58.6 Å². The molecular formula is C19H22FNO3. The number of aliphatic hydroxyl groups excluding tert-OH is 1. The second kappa shape index (κ2) is 8.45. The molecule has 0 aliphatic carbocycles. The lowest BCUT2D eigenvalue weighted by atomic mass is 9.96. The number of hydrogen-bond acceptors (Lipinski definition) is 3. The lowest BCUT2D eigenvalue weighted by Crippen LogP contribution is -2.24. The van der Waals surface area contributed by atoms with E-state index in [2.05, 4.69) is 5.32 Å². The Balaban J connectivity index is 1.93. The number of amides is 1. The highest BCUT2D eigenvalue weighted by Crippen LogP contribution is 2.28. The van der Waals surface area contributed by atoms with E-state index in [0.717, 1.165) is 16.9 Å². The number of nitrogens with one attached hydrogen (secondary N) is 1. The highest BCUT2D eigenvalue weighted by Gasteiger charge is 2.15. The van der Waals surface area contributed by atoms with Gasteiger partial charge in [-0.3, -0.25) is 4.79 Å². The van der Waals surface area contributed by atoms with E-state index in [4.69, 9.17) is 9.84 Å². The average Bonchev–Trinajstić information content (AvgIpc) is 2.60. The average molecular weight is 331 g/mol. The van der Waals surface area contributed by atoms with Gasteiger partial charge in [-0.1, -0.05) is 31.2 Å². The molecule has 1 atom stereocenters. The Hall–Kier alpha value is -2.40. The number of methoxy groups -OCH3 is 1. The number of benzene rings is 2. The molecule has 24 heavy (non-hydrogen) atoms. The third kappa shape index (κ3) is 4.55. The van der Waals surface area contributed by atoms with Gasteiger partial charge < -0.3 is 15.2 Å². The Kier molecular flexibility index (Phi) is 6.32. The summed E-state index contributed by atoms with van der Waals surface area (Å²) < 4.78 is 18.7. The highest BCUT2D eigenvalue weighted by molar-refractivity contribution is 5.77. The summed E-state index contributed by atoms with van der Waals surface area (Å²) in [5, 5.41) is 11.9. The first-order valence-electron chi connectivity index (χ1n) is 7.83. The minimum atomic E-state index is -0.447. The second-order valence-electron chi connectivity index (χ2n) is 5.71. The number of halogens is 1. The zero-order valence-corrected chi connectivity index (χ0v) is 13.9. The first-order valence-corrected chi connectivity index (χ1v) is 7.83. The molecule has 2 rings (SSSR count). The van der Waals surface area contributed by atoms with E-state index in [0.29, 0.717) is 13.0 Å². The summed E-state index contributed by atoms with van der Waals surface area (Å²) in [4.78, 5) is 12.1. The molecule has 128 valence electrons. The number of rotatable bonds is 7. The summed E-state index contributed by atoms with van der Waals surface area (Å²) >= 11 is 0. The smallest absolute Gasteiger partial charge is 0.220 e. The van der Waals surface area contributed by atoms with Crippen LogP contribution in [0.15, 0.2) is 42.5 Å². The normalized spacial score (nSPS) is 11.8. The first-order chi connectivity index (χ1) is 11.5. The number of para-hydroxylation sites is 1. The van der Waals surface area contributed by atoms with E-state index in [-0.39, 0.29) is 24.0 Å². The van der Waals surface area contributed by atoms with Gasteiger partial charge in [-0.2, -0.15) is 0 Å². The fourth-order valence-electron chi connectivity index (χ4n) is 2.59. The molecule has 2 aromatic carbocycles. The number of aliphatic hydroxyl groups is 1. The summed E-state index contributed by atoms with van der Waals surface area (Å²) in [6.07, 6.45) is 0.328. The molecule has 0 radical (unpaired) electrons. The minimum Gasteiger partial charge on any atom is -0.496 e. The molecule has 1 unspecified atom stereocenters. The number of ether oxygens (including phenoxy) is 1. The van der Waals surface area contributed by atoms with Gasteiger partial charge in [-0.25, -0.2) is 4.39 Å². The van der Waals surface area contributed by atoms with E-state index < -0.39 is 5.82 Å². The third-order valence-electron chi connectivity index (χ3n) is 3.93. The van der Waals surface area contributed by atoms with Crippen LogP contribution in [-0.4, -0.2) is 18.1 Å². The molecule has 0 aromatic heterocycles. The monoisotopic (exact) mass is 331 g/mol. The van der Waals surface area contributed by atoms with Crippen molar-refractivity contribution in [2.45, 2.75) is 32.4 Å². The summed E-state index contributed by atoms with van der Waals surface area (Å²) in [5.74, 6) is 0.243. The summed E-state index contributed by atoms with van der Waals surface area (Å²) in [7, 11) is 1.61. The molecule has 0 fully saturated rings. The molecule has 0 aliphatic heterocycles. The van der Waals surface area contributed by atoms with Gasteiger partial charge in [0.25, 0.3) is 0 Å². The Morgan fingerprint density at radius 1 is 1.29 bits per heavy atom. The van der Waals surface area contributed by atoms with Gasteiger partial charge in [0.1, 0.15) is 11.6 Å². The predicted molar refractivity (Wildman–Crippen MR) is 90.2 cm³/mol. The number of carbonyl (C=O) groups is 1. The fraction of sp³-hybridized carbons (Fsp3) is 0.316. The largest absolute Gasteiger partial charge is 0.496 e. The Morgan fingerprint density at radius 2 is 2.04 bits per heavy atom. The van der Waals surface area contributed by atoms with Crippen molar-refractivity contribution in [1.29, 1.82) is 0 Å². The van der Waals surface area contributed by atoms with Crippen LogP contribution < -0.4 is 10.1 Å². The van der Waals surface area contributed by atoms with Crippen LogP contribution in [0.2, 0.25) is 0 Å². The number of hydrogen-bond donors (Lipinski definition) is 2. The van der Waals surface area contributed by atoms with E-state index in [1.54, 1.807) is 19.2 Å². The summed E-state index contributed by atoms with van der Waals surface area (Å²) in [6.45, 7) is 1.91. The quantitative estimate of drug-likeness (QED) is 0.819. The molecule has 0 spiro atoms. The second-order valence-corrected chi connectivity index (χ2v) is 5.71. The molecule has 1 amide bonds. The maximum absolute atomic E-state index is 13.3. The van der Waals surface area contributed by atoms with Crippen molar-refractivity contribution in [3.8, 4) is 5.75 Å². The molecule has 2 aromatic rings. The molecule has 5 heteroatoms. The summed E-state index contributed by atoms with van der Waals surface area (Å²) in [5.41, 5.74) is 1.96. The van der Waals surface area contributed by atoms with Crippen molar-refractivity contribution >= 4 is 5.91 Å². The van der Waals surface area contributed by atoms with Crippen molar-refractivity contribution in [3.63, 3.8) is 0 Å². The van der Waals surface area contributed by atoms with Gasteiger partial charge >= 0.3 is 0 Å². The van der Waals surface area contributed by atoms with Gasteiger partial charge in [0, 0.05) is 18.5 Å². The fourth-order valence-corrected chi connectivity index (χ4v) is 2.59. The lowest BCUT2D eigenvalue weighted by molar-refractivity contribution is -0.121. The van der Waals surface area contributed by atoms with Crippen LogP contribution in [-0.2, 0) is 17.9 Å². The molecular weight excluding hydrogens is 309 g/mol. The van der Waals surface area contributed by atoms with Crippen LogP contribution >= 0.6 is 0 Å². The standard InChI is InChI=1S/C19H22FNO3/c1-13(16-5-3-4-6-18(16)24-2)9-19(23)21-11-14-7-8-17(20)15(10-14)12-22/h3-8,10,13,22H,9,11-12H2,1-2H3,(H,21,23). The van der Waals surface area contributed by atoms with Crippen LogP contribution in [0.3, 0.4) is 0 Å². The van der Waals surface area contributed by atoms with Crippen LogP contribution in [0.5, 0.6) is 5.75 Å². The van der Waals surface area contributed by atoms with Crippen LogP contribution in [0, 0.1) is 5.82 Å². The molecule has 0 saturated carbocycles. The zero-order chi connectivity index (χ0) is 17.5. The highest BCUT2D eigenvalue weighted by atomic mass is 19.1. The number of carbonyl (C=O) groups excluding carboxylic acids is 1. The Bertz CT molecular complexity index is 703. The van der Waals surface area contributed by atoms with Crippen molar-refractivity contribution in [2.24, 2.45) is 0 Å².